The predicted octanol–water partition coefficient (Wildman–Crippen LogP) is 5.58. The van der Waals surface area contributed by atoms with Gasteiger partial charge < -0.3 is 19.4 Å². The van der Waals surface area contributed by atoms with Crippen LogP contribution in [0.25, 0.3) is 0 Å². The van der Waals surface area contributed by atoms with E-state index in [0.717, 1.165) is 0 Å². The molecule has 0 heterocycles. The highest BCUT2D eigenvalue weighted by atomic mass is 35.5. The van der Waals surface area contributed by atoms with Crippen LogP contribution in [0.4, 0.5) is 0 Å². The van der Waals surface area contributed by atoms with E-state index >= 15 is 0 Å². The highest BCUT2D eigenvalue weighted by Crippen LogP contribution is 2.53. The standard InChI is InChI=1S/C20H17Cl4NO5/c1-28-25-18(19(26)27)13-5-3-2-4-11(13)9-29-16-7-17(15(22)6-14(16)21)30-10-12-8-20(12,23)24/h2-7,12H,8-10H2,1H3,(H,26,27). The van der Waals surface area contributed by atoms with Gasteiger partial charge in [-0.15, -0.1) is 23.2 Å². The molecule has 1 fully saturated rings. The SMILES string of the molecule is CON=C(C(=O)O)c1ccccc1COc1cc(OCC2CC2(Cl)Cl)c(Cl)cc1Cl. The van der Waals surface area contributed by atoms with Crippen molar-refractivity contribution in [2.45, 2.75) is 17.4 Å². The molecular weight excluding hydrogens is 476 g/mol. The molecule has 10 heteroatoms. The molecule has 0 aliphatic heterocycles. The Kier molecular flexibility index (Phi) is 7.24. The molecule has 0 radical (unpaired) electrons. The van der Waals surface area contributed by atoms with Crippen LogP contribution in [0.15, 0.2) is 41.6 Å². The first-order valence-electron chi connectivity index (χ1n) is 8.78. The quantitative estimate of drug-likeness (QED) is 0.281. The minimum atomic E-state index is -1.22. The number of nitrogens with zero attached hydrogens (tertiary/aromatic N) is 1. The molecule has 0 spiro atoms. The van der Waals surface area contributed by atoms with Gasteiger partial charge in [0, 0.05) is 17.5 Å². The fourth-order valence-electron chi connectivity index (χ4n) is 2.70. The zero-order valence-electron chi connectivity index (χ0n) is 15.7. The number of carboxylic acids is 1. The number of hydrogen-bond donors (Lipinski definition) is 1. The number of benzene rings is 2. The molecule has 0 amide bonds. The lowest BCUT2D eigenvalue weighted by atomic mass is 10.0. The minimum absolute atomic E-state index is 0.0262. The maximum atomic E-state index is 11.5. The number of alkyl halides is 2. The average molecular weight is 493 g/mol. The van der Waals surface area contributed by atoms with Crippen LogP contribution in [0.3, 0.4) is 0 Å². The maximum Gasteiger partial charge on any atom is 0.358 e. The Morgan fingerprint density at radius 2 is 1.80 bits per heavy atom. The zero-order valence-corrected chi connectivity index (χ0v) is 18.7. The maximum absolute atomic E-state index is 11.5. The van der Waals surface area contributed by atoms with E-state index in [1.165, 1.54) is 13.2 Å². The minimum Gasteiger partial charge on any atom is -0.491 e. The van der Waals surface area contributed by atoms with Crippen molar-refractivity contribution in [3.05, 3.63) is 57.6 Å². The van der Waals surface area contributed by atoms with E-state index in [9.17, 15) is 9.90 Å². The Morgan fingerprint density at radius 1 is 1.17 bits per heavy atom. The number of halogens is 4. The summed E-state index contributed by atoms with van der Waals surface area (Å²) in [6, 6.07) is 9.87. The first kappa shape index (κ1) is 22.8. The number of rotatable bonds is 9. The smallest absolute Gasteiger partial charge is 0.358 e. The van der Waals surface area contributed by atoms with Crippen molar-refractivity contribution in [3.63, 3.8) is 0 Å². The highest BCUT2D eigenvalue weighted by molar-refractivity contribution is 6.50. The topological polar surface area (TPSA) is 77.4 Å². The number of carbonyl (C=O) groups is 1. The Morgan fingerprint density at radius 3 is 2.40 bits per heavy atom. The number of oxime groups is 1. The molecule has 0 saturated heterocycles. The van der Waals surface area contributed by atoms with Gasteiger partial charge in [-0.05, 0) is 18.1 Å². The largest absolute Gasteiger partial charge is 0.491 e. The lowest BCUT2D eigenvalue weighted by molar-refractivity contribution is -0.129. The summed E-state index contributed by atoms with van der Waals surface area (Å²) < 4.78 is 10.8. The molecular formula is C20H17Cl4NO5. The van der Waals surface area contributed by atoms with Crippen LogP contribution < -0.4 is 9.47 Å². The van der Waals surface area contributed by atoms with Crippen molar-refractivity contribution < 1.29 is 24.2 Å². The van der Waals surface area contributed by atoms with E-state index in [-0.39, 0.29) is 23.3 Å². The van der Waals surface area contributed by atoms with E-state index in [4.69, 9.17) is 55.9 Å². The van der Waals surface area contributed by atoms with Gasteiger partial charge in [-0.1, -0.05) is 52.6 Å². The van der Waals surface area contributed by atoms with Gasteiger partial charge in [0.1, 0.15) is 29.5 Å². The van der Waals surface area contributed by atoms with Gasteiger partial charge in [0.05, 0.1) is 16.7 Å². The van der Waals surface area contributed by atoms with Crippen molar-refractivity contribution in [1.82, 2.24) is 0 Å². The molecule has 0 aromatic heterocycles. The summed E-state index contributed by atoms with van der Waals surface area (Å²) in [6.07, 6.45) is 0.649. The first-order valence-corrected chi connectivity index (χ1v) is 10.3. The van der Waals surface area contributed by atoms with E-state index in [2.05, 4.69) is 9.99 Å². The molecule has 2 aromatic rings. The number of aliphatic carboxylic acids is 1. The monoisotopic (exact) mass is 491 g/mol. The Labute approximate surface area is 193 Å². The molecule has 1 unspecified atom stereocenters. The summed E-state index contributed by atoms with van der Waals surface area (Å²) in [6.45, 7) is 0.341. The van der Waals surface area contributed by atoms with Crippen LogP contribution in [0.1, 0.15) is 17.5 Å². The third-order valence-corrected chi connectivity index (χ3v) is 5.94. The Hall–Kier alpha value is -1.86. The lowest BCUT2D eigenvalue weighted by Gasteiger charge is -2.14. The van der Waals surface area contributed by atoms with E-state index < -0.39 is 10.3 Å². The fourth-order valence-corrected chi connectivity index (χ4v) is 3.69. The van der Waals surface area contributed by atoms with E-state index in [0.29, 0.717) is 40.7 Å². The summed E-state index contributed by atoms with van der Waals surface area (Å²) in [5.74, 6) is -0.490. The highest BCUT2D eigenvalue weighted by Gasteiger charge is 2.52. The van der Waals surface area contributed by atoms with E-state index in [1.807, 2.05) is 0 Å². The molecule has 0 bridgehead atoms. The zero-order chi connectivity index (χ0) is 21.9. The molecule has 3 rings (SSSR count). The van der Waals surface area contributed by atoms with Gasteiger partial charge in [-0.3, -0.25) is 0 Å². The molecule has 30 heavy (non-hydrogen) atoms. The Balaban J connectivity index is 1.77. The summed E-state index contributed by atoms with van der Waals surface area (Å²) in [7, 11) is 1.27. The summed E-state index contributed by atoms with van der Waals surface area (Å²) in [4.78, 5) is 16.2. The van der Waals surface area contributed by atoms with Crippen molar-refractivity contribution in [2.24, 2.45) is 11.1 Å². The molecule has 1 aliphatic rings. The molecule has 1 N–H and O–H groups in total. The van der Waals surface area contributed by atoms with Crippen LogP contribution >= 0.6 is 46.4 Å². The van der Waals surface area contributed by atoms with Crippen molar-refractivity contribution in [3.8, 4) is 11.5 Å². The molecule has 1 aliphatic carbocycles. The molecule has 2 aromatic carbocycles. The van der Waals surface area contributed by atoms with E-state index in [1.54, 1.807) is 30.3 Å². The van der Waals surface area contributed by atoms with Crippen LogP contribution in [0.2, 0.25) is 10.0 Å². The average Bonchev–Trinajstić information content (AvgIpc) is 3.31. The lowest BCUT2D eigenvalue weighted by Crippen LogP contribution is -2.17. The van der Waals surface area contributed by atoms with Gasteiger partial charge in [0.2, 0.25) is 0 Å². The summed E-state index contributed by atoms with van der Waals surface area (Å²) >= 11 is 24.5. The molecule has 160 valence electrons. The number of hydrogen-bond acceptors (Lipinski definition) is 5. The Bertz CT molecular complexity index is 980. The second-order valence-electron chi connectivity index (χ2n) is 6.56. The van der Waals surface area contributed by atoms with Gasteiger partial charge in [-0.2, -0.15) is 0 Å². The summed E-state index contributed by atoms with van der Waals surface area (Å²) in [5, 5.41) is 13.6. The van der Waals surface area contributed by atoms with Crippen molar-refractivity contribution >= 4 is 58.1 Å². The normalized spacial score (nSPS) is 17.4. The second kappa shape index (κ2) is 9.52. The predicted molar refractivity (Wildman–Crippen MR) is 116 cm³/mol. The second-order valence-corrected chi connectivity index (χ2v) is 8.92. The van der Waals surface area contributed by atoms with Gasteiger partial charge in [0.15, 0.2) is 5.71 Å². The third kappa shape index (κ3) is 5.43. The molecule has 6 nitrogen and oxygen atoms in total. The van der Waals surface area contributed by atoms with Crippen molar-refractivity contribution in [1.29, 1.82) is 0 Å². The van der Waals surface area contributed by atoms with Crippen LogP contribution in [-0.4, -0.2) is 34.8 Å². The van der Waals surface area contributed by atoms with Crippen LogP contribution in [0, 0.1) is 5.92 Å². The number of carboxylic acid groups (broad SMARTS) is 1. The van der Waals surface area contributed by atoms with Crippen LogP contribution in [0.5, 0.6) is 11.5 Å². The summed E-state index contributed by atoms with van der Waals surface area (Å²) in [5.41, 5.74) is 0.705. The van der Waals surface area contributed by atoms with Gasteiger partial charge in [0.25, 0.3) is 0 Å². The van der Waals surface area contributed by atoms with Crippen LogP contribution in [-0.2, 0) is 16.2 Å². The first-order chi connectivity index (χ1) is 14.2. The third-order valence-electron chi connectivity index (χ3n) is 4.42. The fraction of sp³-hybridized carbons (Fsp3) is 0.300. The van der Waals surface area contributed by atoms with Crippen molar-refractivity contribution in [2.75, 3.05) is 13.7 Å². The molecule has 1 saturated carbocycles. The molecule has 1 atom stereocenters. The van der Waals surface area contributed by atoms with Gasteiger partial charge in [-0.25, -0.2) is 4.79 Å². The number of ether oxygens (including phenoxy) is 2. The van der Waals surface area contributed by atoms with Gasteiger partial charge >= 0.3 is 5.97 Å².